The maximum absolute atomic E-state index is 11.4. The summed E-state index contributed by atoms with van der Waals surface area (Å²) in [5.74, 6) is 0.545. The average molecular weight is 313 g/mol. The molecule has 1 aromatic heterocycles. The molecular weight excluding hydrogens is 294 g/mol. The number of nitriles is 1. The molecule has 0 unspecified atom stereocenters. The van der Waals surface area contributed by atoms with Gasteiger partial charge in [-0.2, -0.15) is 5.26 Å². The summed E-state index contributed by atoms with van der Waals surface area (Å²) in [5.41, 5.74) is 7.28. The van der Waals surface area contributed by atoms with Crippen molar-refractivity contribution in [2.45, 2.75) is 26.3 Å². The summed E-state index contributed by atoms with van der Waals surface area (Å²) in [6, 6.07) is 10.3. The summed E-state index contributed by atoms with van der Waals surface area (Å²) in [5, 5.41) is 9.26. The number of rotatable bonds is 5. The molecule has 120 valence electrons. The van der Waals surface area contributed by atoms with Gasteiger partial charge >= 0.3 is 5.97 Å². The predicted molar refractivity (Wildman–Crippen MR) is 86.4 cm³/mol. The van der Waals surface area contributed by atoms with Crippen molar-refractivity contribution in [1.29, 1.82) is 5.26 Å². The van der Waals surface area contributed by atoms with Gasteiger partial charge in [0, 0.05) is 12.1 Å². The molecule has 23 heavy (non-hydrogen) atoms. The lowest BCUT2D eigenvalue weighted by Crippen LogP contribution is -2.08. The largest absolute Gasteiger partial charge is 0.465 e. The van der Waals surface area contributed by atoms with E-state index in [9.17, 15) is 10.1 Å². The first-order valence-corrected chi connectivity index (χ1v) is 7.28. The van der Waals surface area contributed by atoms with Crippen molar-refractivity contribution in [1.82, 2.24) is 4.57 Å². The Kier molecular flexibility index (Phi) is 4.91. The van der Waals surface area contributed by atoms with Crippen LogP contribution in [0.25, 0.3) is 0 Å². The van der Waals surface area contributed by atoms with Gasteiger partial charge < -0.3 is 15.2 Å². The number of aromatic nitrogens is 1. The average Bonchev–Trinajstić information content (AvgIpc) is 2.90. The van der Waals surface area contributed by atoms with Crippen molar-refractivity contribution >= 4 is 11.7 Å². The third-order valence-corrected chi connectivity index (χ3v) is 3.65. The van der Waals surface area contributed by atoms with Crippen LogP contribution < -0.4 is 10.5 Å². The van der Waals surface area contributed by atoms with Crippen LogP contribution in [0.15, 0.2) is 30.3 Å². The number of methoxy groups -OCH3 is 1. The molecule has 1 aromatic carbocycles. The zero-order valence-electron chi connectivity index (χ0n) is 13.4. The third kappa shape index (κ3) is 3.29. The molecule has 0 fully saturated rings. The summed E-state index contributed by atoms with van der Waals surface area (Å²) in [4.78, 5) is 11.4. The van der Waals surface area contributed by atoms with Gasteiger partial charge in [0.2, 0.25) is 5.88 Å². The van der Waals surface area contributed by atoms with Crippen LogP contribution in [0.1, 0.15) is 42.4 Å². The minimum absolute atomic E-state index is 0.0753. The Morgan fingerprint density at radius 2 is 2.04 bits per heavy atom. The molecule has 0 saturated carbocycles. The fraction of sp³-hybridized carbons (Fsp3) is 0.294. The lowest BCUT2D eigenvalue weighted by Gasteiger charge is -2.17. The molecule has 0 spiro atoms. The van der Waals surface area contributed by atoms with Gasteiger partial charge in [0.05, 0.1) is 18.4 Å². The van der Waals surface area contributed by atoms with Crippen LogP contribution in [0.4, 0.5) is 5.69 Å². The Labute approximate surface area is 135 Å². The van der Waals surface area contributed by atoms with E-state index in [1.165, 1.54) is 7.11 Å². The molecule has 0 amide bonds. The second-order valence-corrected chi connectivity index (χ2v) is 5.15. The van der Waals surface area contributed by atoms with Crippen molar-refractivity contribution in [3.63, 3.8) is 0 Å². The van der Waals surface area contributed by atoms with Gasteiger partial charge in [-0.25, -0.2) is 4.79 Å². The molecule has 1 atom stereocenters. The lowest BCUT2D eigenvalue weighted by molar-refractivity contribution is 0.0600. The van der Waals surface area contributed by atoms with Crippen molar-refractivity contribution in [3.8, 4) is 17.7 Å². The van der Waals surface area contributed by atoms with E-state index in [1.54, 1.807) is 34.9 Å². The van der Waals surface area contributed by atoms with Gasteiger partial charge in [-0.05, 0) is 37.6 Å². The number of nitrogens with zero attached hydrogens (tertiary/aromatic N) is 2. The zero-order chi connectivity index (χ0) is 17.0. The van der Waals surface area contributed by atoms with Crippen LogP contribution in [0.2, 0.25) is 0 Å². The number of benzene rings is 1. The molecular formula is C17H19N3O3. The van der Waals surface area contributed by atoms with Gasteiger partial charge in [-0.1, -0.05) is 6.92 Å². The fourth-order valence-electron chi connectivity index (χ4n) is 2.23. The second kappa shape index (κ2) is 6.88. The molecule has 0 radical (unpaired) electrons. The van der Waals surface area contributed by atoms with Gasteiger partial charge in [0.25, 0.3) is 0 Å². The summed E-state index contributed by atoms with van der Waals surface area (Å²) in [7, 11) is 1.33. The van der Waals surface area contributed by atoms with E-state index in [-0.39, 0.29) is 6.04 Å². The molecule has 0 aliphatic heterocycles. The van der Waals surface area contributed by atoms with Crippen LogP contribution in [-0.2, 0) is 4.74 Å². The molecule has 2 rings (SSSR count). The summed E-state index contributed by atoms with van der Waals surface area (Å²) >= 11 is 0. The van der Waals surface area contributed by atoms with Crippen LogP contribution in [0, 0.1) is 11.3 Å². The number of anilines is 1. The number of ether oxygens (including phenoxy) is 2. The first kappa shape index (κ1) is 16.4. The molecule has 0 saturated heterocycles. The van der Waals surface area contributed by atoms with E-state index >= 15 is 0 Å². The summed E-state index contributed by atoms with van der Waals surface area (Å²) in [6.07, 6.45) is 0.834. The SMILES string of the molecule is CC[C@@H](C)n1c(C#N)cc(N)c1Oc1ccc(C(=O)OC)cc1. The summed E-state index contributed by atoms with van der Waals surface area (Å²) in [6.45, 7) is 4.02. The highest BCUT2D eigenvalue weighted by Crippen LogP contribution is 2.34. The third-order valence-electron chi connectivity index (χ3n) is 3.65. The van der Waals surface area contributed by atoms with Crippen molar-refractivity contribution in [2.75, 3.05) is 12.8 Å². The maximum Gasteiger partial charge on any atom is 0.337 e. The number of nitrogen functional groups attached to an aromatic ring is 1. The fourth-order valence-corrected chi connectivity index (χ4v) is 2.23. The number of carbonyl (C=O) groups excluding carboxylic acids is 1. The smallest absolute Gasteiger partial charge is 0.337 e. The zero-order valence-corrected chi connectivity index (χ0v) is 13.4. The first-order valence-electron chi connectivity index (χ1n) is 7.28. The highest BCUT2D eigenvalue weighted by molar-refractivity contribution is 5.89. The highest BCUT2D eigenvalue weighted by atomic mass is 16.5. The highest BCUT2D eigenvalue weighted by Gasteiger charge is 2.19. The van der Waals surface area contributed by atoms with Gasteiger partial charge in [-0.15, -0.1) is 0 Å². The minimum Gasteiger partial charge on any atom is -0.465 e. The summed E-state index contributed by atoms with van der Waals surface area (Å²) < 4.78 is 12.3. The van der Waals surface area contributed by atoms with Crippen molar-refractivity contribution < 1.29 is 14.3 Å². The Balaban J connectivity index is 2.35. The van der Waals surface area contributed by atoms with E-state index in [0.717, 1.165) is 6.42 Å². The molecule has 2 N–H and O–H groups in total. The molecule has 0 aliphatic rings. The standard InChI is InChI=1S/C17H19N3O3/c1-4-11(2)20-13(10-18)9-15(19)16(20)23-14-7-5-12(6-8-14)17(21)22-3/h5-9,11H,4,19H2,1-3H3/t11-/m1/s1. The number of nitrogens with two attached hydrogens (primary N) is 1. The van der Waals surface area contributed by atoms with Crippen LogP contribution in [0.5, 0.6) is 11.6 Å². The van der Waals surface area contributed by atoms with Gasteiger partial charge in [0.1, 0.15) is 17.5 Å². The van der Waals surface area contributed by atoms with Gasteiger partial charge in [-0.3, -0.25) is 4.57 Å². The van der Waals surface area contributed by atoms with E-state index in [2.05, 4.69) is 10.8 Å². The molecule has 6 nitrogen and oxygen atoms in total. The van der Waals surface area contributed by atoms with Crippen LogP contribution in [-0.4, -0.2) is 17.6 Å². The van der Waals surface area contributed by atoms with E-state index in [0.29, 0.717) is 28.6 Å². The molecule has 2 aromatic rings. The van der Waals surface area contributed by atoms with E-state index < -0.39 is 5.97 Å². The molecule has 6 heteroatoms. The topological polar surface area (TPSA) is 90.3 Å². The number of carbonyl (C=O) groups is 1. The first-order chi connectivity index (χ1) is 11.0. The van der Waals surface area contributed by atoms with E-state index in [4.69, 9.17) is 10.5 Å². The van der Waals surface area contributed by atoms with Crippen LogP contribution in [0.3, 0.4) is 0 Å². The quantitative estimate of drug-likeness (QED) is 0.853. The predicted octanol–water partition coefficient (Wildman–Crippen LogP) is 3.49. The Morgan fingerprint density at radius 3 is 2.57 bits per heavy atom. The monoisotopic (exact) mass is 313 g/mol. The molecule has 0 bridgehead atoms. The lowest BCUT2D eigenvalue weighted by atomic mass is 10.2. The Morgan fingerprint density at radius 1 is 1.39 bits per heavy atom. The Bertz CT molecular complexity index is 742. The second-order valence-electron chi connectivity index (χ2n) is 5.15. The minimum atomic E-state index is -0.411. The Hall–Kier alpha value is -2.94. The van der Waals surface area contributed by atoms with Crippen LogP contribution >= 0.6 is 0 Å². The number of hydrogen-bond donors (Lipinski definition) is 1. The van der Waals surface area contributed by atoms with E-state index in [1.807, 2.05) is 13.8 Å². The number of esters is 1. The molecule has 1 heterocycles. The van der Waals surface area contributed by atoms with Crippen molar-refractivity contribution in [2.24, 2.45) is 0 Å². The molecule has 0 aliphatic carbocycles. The normalized spacial score (nSPS) is 11.6. The van der Waals surface area contributed by atoms with Gasteiger partial charge in [0.15, 0.2) is 0 Å². The van der Waals surface area contributed by atoms with Crippen molar-refractivity contribution in [3.05, 3.63) is 41.6 Å². The number of hydrogen-bond acceptors (Lipinski definition) is 5. The maximum atomic E-state index is 11.4.